The molecule has 0 aliphatic heterocycles. The molecule has 0 radical (unpaired) electrons. The van der Waals surface area contributed by atoms with Crippen molar-refractivity contribution < 1.29 is 4.79 Å². The Morgan fingerprint density at radius 1 is 1.24 bits per heavy atom. The average Bonchev–Trinajstić information content (AvgIpc) is 2.96. The van der Waals surface area contributed by atoms with Crippen molar-refractivity contribution in [2.45, 2.75) is 38.5 Å². The molecule has 0 aromatic carbocycles. The summed E-state index contributed by atoms with van der Waals surface area (Å²) in [4.78, 5) is 17.2. The SMILES string of the molecule is O=C(NCCCc1ccncc1)c1scc2c1CCCC2. The van der Waals surface area contributed by atoms with Gasteiger partial charge in [-0.05, 0) is 72.7 Å². The Labute approximate surface area is 129 Å². The number of amides is 1. The van der Waals surface area contributed by atoms with Crippen LogP contribution >= 0.6 is 11.3 Å². The molecule has 2 heterocycles. The molecule has 0 saturated heterocycles. The maximum Gasteiger partial charge on any atom is 0.261 e. The van der Waals surface area contributed by atoms with Crippen molar-refractivity contribution in [2.75, 3.05) is 6.54 Å². The van der Waals surface area contributed by atoms with E-state index >= 15 is 0 Å². The fraction of sp³-hybridized carbons (Fsp3) is 0.412. The summed E-state index contributed by atoms with van der Waals surface area (Å²) in [5, 5.41) is 5.23. The summed E-state index contributed by atoms with van der Waals surface area (Å²) in [5.41, 5.74) is 3.97. The minimum atomic E-state index is 0.109. The summed E-state index contributed by atoms with van der Waals surface area (Å²) in [7, 11) is 0. The number of fused-ring (bicyclic) bond motifs is 1. The lowest BCUT2D eigenvalue weighted by atomic mass is 9.94. The molecule has 4 heteroatoms. The number of carbonyl (C=O) groups excluding carboxylic acids is 1. The summed E-state index contributed by atoms with van der Waals surface area (Å²) in [5.74, 6) is 0.109. The molecular weight excluding hydrogens is 280 g/mol. The van der Waals surface area contributed by atoms with Crippen LogP contribution in [-0.2, 0) is 19.3 Å². The van der Waals surface area contributed by atoms with Gasteiger partial charge in [0.25, 0.3) is 5.91 Å². The Hall–Kier alpha value is -1.68. The van der Waals surface area contributed by atoms with E-state index in [2.05, 4.69) is 15.7 Å². The number of rotatable bonds is 5. The first-order valence-electron chi connectivity index (χ1n) is 7.61. The minimum Gasteiger partial charge on any atom is -0.351 e. The van der Waals surface area contributed by atoms with Crippen LogP contribution in [0.2, 0.25) is 0 Å². The number of hydrogen-bond acceptors (Lipinski definition) is 3. The van der Waals surface area contributed by atoms with Crippen LogP contribution in [0.1, 0.15) is 45.6 Å². The minimum absolute atomic E-state index is 0.109. The summed E-state index contributed by atoms with van der Waals surface area (Å²) in [6.45, 7) is 0.730. The van der Waals surface area contributed by atoms with Gasteiger partial charge in [-0.2, -0.15) is 0 Å². The molecule has 0 atom stereocenters. The zero-order valence-electron chi connectivity index (χ0n) is 12.1. The van der Waals surface area contributed by atoms with Crippen molar-refractivity contribution in [3.63, 3.8) is 0 Å². The number of nitrogens with zero attached hydrogens (tertiary/aromatic N) is 1. The third-order valence-corrected chi connectivity index (χ3v) is 5.06. The summed E-state index contributed by atoms with van der Waals surface area (Å²) < 4.78 is 0. The summed E-state index contributed by atoms with van der Waals surface area (Å²) in [6.07, 6.45) is 10.2. The fourth-order valence-corrected chi connectivity index (χ4v) is 3.91. The Bertz CT molecular complexity index is 607. The quantitative estimate of drug-likeness (QED) is 0.860. The predicted octanol–water partition coefficient (Wildman–Crippen LogP) is 3.38. The van der Waals surface area contributed by atoms with E-state index in [0.717, 1.165) is 37.1 Å². The second-order valence-corrected chi connectivity index (χ2v) is 6.37. The van der Waals surface area contributed by atoms with Crippen molar-refractivity contribution in [3.05, 3.63) is 51.5 Å². The van der Waals surface area contributed by atoms with Crippen molar-refractivity contribution >= 4 is 17.2 Å². The van der Waals surface area contributed by atoms with Gasteiger partial charge in [0.1, 0.15) is 0 Å². The van der Waals surface area contributed by atoms with E-state index in [4.69, 9.17) is 0 Å². The number of thiophene rings is 1. The van der Waals surface area contributed by atoms with Crippen molar-refractivity contribution in [1.29, 1.82) is 0 Å². The molecule has 3 nitrogen and oxygen atoms in total. The van der Waals surface area contributed by atoms with Crippen LogP contribution in [0.4, 0.5) is 0 Å². The van der Waals surface area contributed by atoms with E-state index in [0.29, 0.717) is 0 Å². The third-order valence-electron chi connectivity index (χ3n) is 3.99. The van der Waals surface area contributed by atoms with Gasteiger partial charge in [0, 0.05) is 18.9 Å². The topological polar surface area (TPSA) is 42.0 Å². The monoisotopic (exact) mass is 300 g/mol. The second kappa shape index (κ2) is 6.85. The van der Waals surface area contributed by atoms with Crippen molar-refractivity contribution in [3.8, 4) is 0 Å². The van der Waals surface area contributed by atoms with Gasteiger partial charge in [0.2, 0.25) is 0 Å². The second-order valence-electron chi connectivity index (χ2n) is 5.49. The fourth-order valence-electron chi connectivity index (χ4n) is 2.83. The number of carbonyl (C=O) groups is 1. The Morgan fingerprint density at radius 3 is 2.90 bits per heavy atom. The molecule has 0 unspecified atom stereocenters. The highest BCUT2D eigenvalue weighted by Gasteiger charge is 2.19. The molecule has 1 aliphatic rings. The number of aromatic nitrogens is 1. The van der Waals surface area contributed by atoms with Crippen molar-refractivity contribution in [2.24, 2.45) is 0 Å². The molecule has 0 fully saturated rings. The Kier molecular flexibility index (Phi) is 4.65. The first kappa shape index (κ1) is 14.3. The van der Waals surface area contributed by atoms with Crippen LogP contribution in [0.15, 0.2) is 29.9 Å². The van der Waals surface area contributed by atoms with E-state index in [9.17, 15) is 4.79 Å². The van der Waals surface area contributed by atoms with Gasteiger partial charge in [-0.15, -0.1) is 11.3 Å². The standard InChI is InChI=1S/C17H20N2OS/c20-17(16-15-6-2-1-5-14(15)12-21-16)19-9-3-4-13-7-10-18-11-8-13/h7-8,10-12H,1-6,9H2,(H,19,20). The van der Waals surface area contributed by atoms with Crippen LogP contribution in [0.25, 0.3) is 0 Å². The van der Waals surface area contributed by atoms with Gasteiger partial charge in [-0.25, -0.2) is 0 Å². The van der Waals surface area contributed by atoms with Crippen LogP contribution in [0, 0.1) is 0 Å². The highest BCUT2D eigenvalue weighted by atomic mass is 32.1. The van der Waals surface area contributed by atoms with Gasteiger partial charge in [-0.1, -0.05) is 0 Å². The van der Waals surface area contributed by atoms with Gasteiger partial charge in [-0.3, -0.25) is 9.78 Å². The lowest BCUT2D eigenvalue weighted by molar-refractivity contribution is 0.0956. The molecule has 0 bridgehead atoms. The lowest BCUT2D eigenvalue weighted by Gasteiger charge is -2.12. The highest BCUT2D eigenvalue weighted by molar-refractivity contribution is 7.12. The molecule has 0 saturated carbocycles. The number of nitrogens with one attached hydrogen (secondary N) is 1. The molecule has 2 aromatic rings. The Balaban J connectivity index is 1.49. The molecule has 1 N–H and O–H groups in total. The molecule has 3 rings (SSSR count). The van der Waals surface area contributed by atoms with E-state index in [1.54, 1.807) is 11.3 Å². The Morgan fingerprint density at radius 2 is 2.05 bits per heavy atom. The normalized spacial score (nSPS) is 13.7. The summed E-state index contributed by atoms with van der Waals surface area (Å²) in [6, 6.07) is 4.05. The first-order chi connectivity index (χ1) is 10.3. The van der Waals surface area contributed by atoms with Gasteiger partial charge < -0.3 is 5.32 Å². The molecule has 1 amide bonds. The molecular formula is C17H20N2OS. The smallest absolute Gasteiger partial charge is 0.261 e. The zero-order valence-corrected chi connectivity index (χ0v) is 12.9. The third kappa shape index (κ3) is 3.50. The van der Waals surface area contributed by atoms with Crippen LogP contribution in [0.5, 0.6) is 0 Å². The largest absolute Gasteiger partial charge is 0.351 e. The van der Waals surface area contributed by atoms with Gasteiger partial charge >= 0.3 is 0 Å². The van der Waals surface area contributed by atoms with Crippen LogP contribution in [0.3, 0.4) is 0 Å². The predicted molar refractivity (Wildman–Crippen MR) is 85.9 cm³/mol. The summed E-state index contributed by atoms with van der Waals surface area (Å²) >= 11 is 1.61. The maximum atomic E-state index is 12.3. The molecule has 2 aromatic heterocycles. The average molecular weight is 300 g/mol. The molecule has 1 aliphatic carbocycles. The van der Waals surface area contributed by atoms with Crippen LogP contribution in [-0.4, -0.2) is 17.4 Å². The number of hydrogen-bond donors (Lipinski definition) is 1. The van der Waals surface area contributed by atoms with Crippen molar-refractivity contribution in [1.82, 2.24) is 10.3 Å². The molecule has 21 heavy (non-hydrogen) atoms. The van der Waals surface area contributed by atoms with Gasteiger partial charge in [0.15, 0.2) is 0 Å². The number of pyridine rings is 1. The zero-order chi connectivity index (χ0) is 14.5. The van der Waals surface area contributed by atoms with Crippen LogP contribution < -0.4 is 5.32 Å². The maximum absolute atomic E-state index is 12.3. The molecule has 0 spiro atoms. The van der Waals surface area contributed by atoms with Gasteiger partial charge in [0.05, 0.1) is 4.88 Å². The number of aryl methyl sites for hydroxylation is 2. The molecule has 110 valence electrons. The first-order valence-corrected chi connectivity index (χ1v) is 8.49. The highest BCUT2D eigenvalue weighted by Crippen LogP contribution is 2.29. The van der Waals surface area contributed by atoms with E-state index in [1.165, 1.54) is 29.5 Å². The lowest BCUT2D eigenvalue weighted by Crippen LogP contribution is -2.25. The van der Waals surface area contributed by atoms with E-state index < -0.39 is 0 Å². The van der Waals surface area contributed by atoms with E-state index in [1.807, 2.05) is 24.5 Å². The van der Waals surface area contributed by atoms with E-state index in [-0.39, 0.29) is 5.91 Å².